The molecule has 2 N–H and O–H groups in total. The molecule has 0 amide bonds. The second-order valence-electron chi connectivity index (χ2n) is 4.37. The van der Waals surface area contributed by atoms with Crippen molar-refractivity contribution in [3.8, 4) is 0 Å². The molecule has 0 bridgehead atoms. The maximum absolute atomic E-state index is 9.75. The number of hydrogen-bond acceptors (Lipinski definition) is 5. The van der Waals surface area contributed by atoms with Crippen LogP contribution in [0.2, 0.25) is 0 Å². The summed E-state index contributed by atoms with van der Waals surface area (Å²) in [4.78, 5) is 1.94. The maximum atomic E-state index is 9.75. The van der Waals surface area contributed by atoms with Crippen LogP contribution >= 0.6 is 0 Å². The fourth-order valence-corrected chi connectivity index (χ4v) is 1.43. The predicted octanol–water partition coefficient (Wildman–Crippen LogP) is 0.566. The van der Waals surface area contributed by atoms with Crippen LogP contribution in [0, 0.1) is 0 Å². The van der Waals surface area contributed by atoms with E-state index in [4.69, 9.17) is 5.11 Å². The molecular formula is C11H19N3O2. The van der Waals surface area contributed by atoms with Gasteiger partial charge in [-0.25, -0.2) is 0 Å². The molecule has 0 aromatic carbocycles. The first kappa shape index (κ1) is 12.9. The van der Waals surface area contributed by atoms with Gasteiger partial charge in [-0.3, -0.25) is 0 Å². The van der Waals surface area contributed by atoms with Gasteiger partial charge in [-0.15, -0.1) is 5.10 Å². The molecule has 90 valence electrons. The Hall–Kier alpha value is -1.20. The van der Waals surface area contributed by atoms with Crippen molar-refractivity contribution in [2.75, 3.05) is 18.0 Å². The Labute approximate surface area is 95.7 Å². The lowest BCUT2D eigenvalue weighted by Crippen LogP contribution is -2.39. The molecule has 0 unspecified atom stereocenters. The Kier molecular flexibility index (Phi) is 4.20. The summed E-state index contributed by atoms with van der Waals surface area (Å²) in [5, 5.41) is 26.5. The number of nitrogens with zero attached hydrogens (tertiary/aromatic N) is 3. The van der Waals surface area contributed by atoms with Gasteiger partial charge in [0.15, 0.2) is 5.82 Å². The van der Waals surface area contributed by atoms with Crippen LogP contribution in [0.15, 0.2) is 12.1 Å². The van der Waals surface area contributed by atoms with E-state index in [9.17, 15) is 5.11 Å². The van der Waals surface area contributed by atoms with Gasteiger partial charge in [-0.2, -0.15) is 5.10 Å². The molecule has 5 nitrogen and oxygen atoms in total. The van der Waals surface area contributed by atoms with Gasteiger partial charge in [0.2, 0.25) is 0 Å². The third-order valence-electron chi connectivity index (χ3n) is 2.15. The van der Waals surface area contributed by atoms with Crippen LogP contribution < -0.4 is 4.90 Å². The molecule has 5 heteroatoms. The van der Waals surface area contributed by atoms with Gasteiger partial charge in [0.25, 0.3) is 0 Å². The smallest absolute Gasteiger partial charge is 0.151 e. The Morgan fingerprint density at radius 1 is 1.31 bits per heavy atom. The minimum absolute atomic E-state index is 0.106. The molecule has 0 aliphatic heterocycles. The first-order valence-corrected chi connectivity index (χ1v) is 5.37. The maximum Gasteiger partial charge on any atom is 0.151 e. The summed E-state index contributed by atoms with van der Waals surface area (Å²) in [5.74, 6) is 0.710. The Balaban J connectivity index is 2.79. The normalized spacial score (nSPS) is 11.6. The Morgan fingerprint density at radius 2 is 2.00 bits per heavy atom. The fourth-order valence-electron chi connectivity index (χ4n) is 1.43. The van der Waals surface area contributed by atoms with Gasteiger partial charge in [-0.1, -0.05) is 0 Å². The summed E-state index contributed by atoms with van der Waals surface area (Å²) in [5.41, 5.74) is -0.226. The van der Waals surface area contributed by atoms with Crippen molar-refractivity contribution in [2.45, 2.75) is 33.0 Å². The van der Waals surface area contributed by atoms with Crippen LogP contribution in [0.5, 0.6) is 0 Å². The number of aliphatic hydroxyl groups is 2. The predicted molar refractivity (Wildman–Crippen MR) is 62.1 cm³/mol. The van der Waals surface area contributed by atoms with Crippen molar-refractivity contribution < 1.29 is 10.2 Å². The molecular weight excluding hydrogens is 206 g/mol. The van der Waals surface area contributed by atoms with Crippen LogP contribution in [0.25, 0.3) is 0 Å². The van der Waals surface area contributed by atoms with E-state index in [1.165, 1.54) is 0 Å². The fraction of sp³-hybridized carbons (Fsp3) is 0.636. The SMILES string of the molecule is CCN(CC(C)(C)O)c1ccc(CO)nn1. The van der Waals surface area contributed by atoms with Crippen LogP contribution in [0.4, 0.5) is 5.82 Å². The van der Waals surface area contributed by atoms with Crippen LogP contribution in [-0.2, 0) is 6.61 Å². The molecule has 0 saturated heterocycles. The summed E-state index contributed by atoms with van der Waals surface area (Å²) < 4.78 is 0. The zero-order valence-electron chi connectivity index (χ0n) is 10.0. The first-order valence-electron chi connectivity index (χ1n) is 5.37. The zero-order chi connectivity index (χ0) is 12.2. The van der Waals surface area contributed by atoms with Gasteiger partial charge in [0, 0.05) is 13.1 Å². The molecule has 1 aromatic heterocycles. The number of hydrogen-bond donors (Lipinski definition) is 2. The van der Waals surface area contributed by atoms with Gasteiger partial charge in [0.05, 0.1) is 17.9 Å². The zero-order valence-corrected chi connectivity index (χ0v) is 10.0. The van der Waals surface area contributed by atoms with E-state index in [2.05, 4.69) is 10.2 Å². The van der Waals surface area contributed by atoms with Crippen LogP contribution in [0.3, 0.4) is 0 Å². The molecule has 0 aliphatic rings. The number of likely N-dealkylation sites (N-methyl/N-ethyl adjacent to an activating group) is 1. The Morgan fingerprint density at radius 3 is 2.38 bits per heavy atom. The molecule has 0 aliphatic carbocycles. The molecule has 1 aromatic rings. The lowest BCUT2D eigenvalue weighted by molar-refractivity contribution is 0.0873. The van der Waals surface area contributed by atoms with E-state index >= 15 is 0 Å². The van der Waals surface area contributed by atoms with Crippen molar-refractivity contribution in [1.82, 2.24) is 10.2 Å². The standard InChI is InChI=1S/C11H19N3O2/c1-4-14(8-11(2,3)16)10-6-5-9(7-15)12-13-10/h5-6,15-16H,4,7-8H2,1-3H3. The average molecular weight is 225 g/mol. The minimum Gasteiger partial charge on any atom is -0.390 e. The molecule has 0 atom stereocenters. The summed E-state index contributed by atoms with van der Waals surface area (Å²) in [6, 6.07) is 3.53. The third-order valence-corrected chi connectivity index (χ3v) is 2.15. The molecule has 0 saturated carbocycles. The second-order valence-corrected chi connectivity index (χ2v) is 4.37. The molecule has 0 radical (unpaired) electrons. The highest BCUT2D eigenvalue weighted by atomic mass is 16.3. The summed E-state index contributed by atoms with van der Waals surface area (Å²) in [7, 11) is 0. The lowest BCUT2D eigenvalue weighted by Gasteiger charge is -2.28. The number of anilines is 1. The highest BCUT2D eigenvalue weighted by Crippen LogP contribution is 2.13. The average Bonchev–Trinajstić information content (AvgIpc) is 2.25. The van der Waals surface area contributed by atoms with Gasteiger partial charge in [-0.05, 0) is 32.9 Å². The van der Waals surface area contributed by atoms with Crippen molar-refractivity contribution >= 4 is 5.82 Å². The molecule has 16 heavy (non-hydrogen) atoms. The van der Waals surface area contributed by atoms with E-state index in [0.29, 0.717) is 18.1 Å². The first-order chi connectivity index (χ1) is 7.46. The number of aromatic nitrogens is 2. The molecule has 0 fully saturated rings. The third kappa shape index (κ3) is 3.75. The van der Waals surface area contributed by atoms with Gasteiger partial charge in [0.1, 0.15) is 0 Å². The van der Waals surface area contributed by atoms with Crippen LogP contribution in [0.1, 0.15) is 26.5 Å². The minimum atomic E-state index is -0.770. The monoisotopic (exact) mass is 225 g/mol. The van der Waals surface area contributed by atoms with Crippen molar-refractivity contribution in [2.24, 2.45) is 0 Å². The number of aliphatic hydroxyl groups excluding tert-OH is 1. The van der Waals surface area contributed by atoms with E-state index in [1.54, 1.807) is 26.0 Å². The quantitative estimate of drug-likeness (QED) is 0.766. The second kappa shape index (κ2) is 5.23. The number of rotatable bonds is 5. The van der Waals surface area contributed by atoms with E-state index in [1.807, 2.05) is 11.8 Å². The van der Waals surface area contributed by atoms with Crippen molar-refractivity contribution in [3.05, 3.63) is 17.8 Å². The molecule has 1 rings (SSSR count). The topological polar surface area (TPSA) is 69.5 Å². The highest BCUT2D eigenvalue weighted by Gasteiger charge is 2.18. The van der Waals surface area contributed by atoms with Crippen LogP contribution in [-0.4, -0.2) is 39.1 Å². The lowest BCUT2D eigenvalue weighted by atomic mass is 10.1. The van der Waals surface area contributed by atoms with E-state index in [-0.39, 0.29) is 6.61 Å². The summed E-state index contributed by atoms with van der Waals surface area (Å²) in [6.07, 6.45) is 0. The van der Waals surface area contributed by atoms with Gasteiger partial charge < -0.3 is 15.1 Å². The van der Waals surface area contributed by atoms with Crippen molar-refractivity contribution in [1.29, 1.82) is 0 Å². The molecule has 0 spiro atoms. The molecule has 1 heterocycles. The highest BCUT2D eigenvalue weighted by molar-refractivity contribution is 5.37. The summed E-state index contributed by atoms with van der Waals surface area (Å²) >= 11 is 0. The van der Waals surface area contributed by atoms with Crippen molar-refractivity contribution in [3.63, 3.8) is 0 Å². The van der Waals surface area contributed by atoms with E-state index in [0.717, 1.165) is 6.54 Å². The van der Waals surface area contributed by atoms with E-state index < -0.39 is 5.60 Å². The summed E-state index contributed by atoms with van der Waals surface area (Å²) in [6.45, 7) is 6.64. The van der Waals surface area contributed by atoms with Gasteiger partial charge >= 0.3 is 0 Å². The largest absolute Gasteiger partial charge is 0.390 e. The Bertz CT molecular complexity index is 319.